The highest BCUT2D eigenvalue weighted by molar-refractivity contribution is 4.91. The molecule has 15 heavy (non-hydrogen) atoms. The van der Waals surface area contributed by atoms with Crippen LogP contribution in [0.15, 0.2) is 0 Å². The van der Waals surface area contributed by atoms with Crippen LogP contribution in [0.25, 0.3) is 0 Å². The number of piperazine rings is 1. The fraction of sp³-hybridized carbons (Fsp3) is 1.00. The van der Waals surface area contributed by atoms with E-state index in [9.17, 15) is 0 Å². The van der Waals surface area contributed by atoms with E-state index in [0.717, 1.165) is 18.5 Å². The third kappa shape index (κ3) is 3.18. The largest absolute Gasteiger partial charge is 0.309 e. The highest BCUT2D eigenvalue weighted by atomic mass is 15.2. The van der Waals surface area contributed by atoms with Gasteiger partial charge in [0.1, 0.15) is 0 Å². The minimum Gasteiger partial charge on any atom is -0.309 e. The van der Waals surface area contributed by atoms with E-state index < -0.39 is 0 Å². The van der Waals surface area contributed by atoms with Crippen LogP contribution in [0.4, 0.5) is 0 Å². The van der Waals surface area contributed by atoms with E-state index in [2.05, 4.69) is 44.8 Å². The molecule has 1 aliphatic heterocycles. The van der Waals surface area contributed by atoms with Gasteiger partial charge < -0.3 is 5.32 Å². The smallest absolute Gasteiger partial charge is 0.0278 e. The SMILES string of the molecule is CCC(C)C(C)N1CCNC(C)(CC)C1. The lowest BCUT2D eigenvalue weighted by Crippen LogP contribution is -2.60. The van der Waals surface area contributed by atoms with E-state index in [-0.39, 0.29) is 0 Å². The van der Waals surface area contributed by atoms with Gasteiger partial charge in [0.25, 0.3) is 0 Å². The average Bonchev–Trinajstić information content (AvgIpc) is 2.27. The van der Waals surface area contributed by atoms with Crippen molar-refractivity contribution in [2.24, 2.45) is 5.92 Å². The van der Waals surface area contributed by atoms with E-state index in [4.69, 9.17) is 0 Å². The summed E-state index contributed by atoms with van der Waals surface area (Å²) >= 11 is 0. The Balaban J connectivity index is 2.56. The van der Waals surface area contributed by atoms with Gasteiger partial charge in [0.05, 0.1) is 0 Å². The van der Waals surface area contributed by atoms with Crippen molar-refractivity contribution in [1.29, 1.82) is 0 Å². The summed E-state index contributed by atoms with van der Waals surface area (Å²) in [5.74, 6) is 0.809. The lowest BCUT2D eigenvalue weighted by molar-refractivity contribution is 0.0797. The van der Waals surface area contributed by atoms with Crippen LogP contribution >= 0.6 is 0 Å². The van der Waals surface area contributed by atoms with Crippen molar-refractivity contribution in [3.05, 3.63) is 0 Å². The summed E-state index contributed by atoms with van der Waals surface area (Å²) in [5.41, 5.74) is 0.333. The summed E-state index contributed by atoms with van der Waals surface area (Å²) in [5, 5.41) is 3.65. The summed E-state index contributed by atoms with van der Waals surface area (Å²) in [6, 6.07) is 0.725. The molecule has 0 bridgehead atoms. The quantitative estimate of drug-likeness (QED) is 0.770. The molecule has 1 fully saturated rings. The Morgan fingerprint density at radius 3 is 2.53 bits per heavy atom. The topological polar surface area (TPSA) is 15.3 Å². The Labute approximate surface area is 95.4 Å². The molecule has 1 heterocycles. The number of nitrogens with one attached hydrogen (secondary N) is 1. The van der Waals surface area contributed by atoms with Gasteiger partial charge in [-0.15, -0.1) is 0 Å². The molecule has 0 radical (unpaired) electrons. The monoisotopic (exact) mass is 212 g/mol. The first-order valence-electron chi connectivity index (χ1n) is 6.51. The van der Waals surface area contributed by atoms with E-state index >= 15 is 0 Å². The lowest BCUT2D eigenvalue weighted by Gasteiger charge is -2.45. The van der Waals surface area contributed by atoms with Gasteiger partial charge in [0.15, 0.2) is 0 Å². The minimum atomic E-state index is 0.333. The Morgan fingerprint density at radius 1 is 1.33 bits per heavy atom. The van der Waals surface area contributed by atoms with Crippen molar-refractivity contribution in [2.45, 2.75) is 59.0 Å². The van der Waals surface area contributed by atoms with Gasteiger partial charge in [0.2, 0.25) is 0 Å². The van der Waals surface area contributed by atoms with E-state index in [1.165, 1.54) is 25.9 Å². The first-order valence-corrected chi connectivity index (χ1v) is 6.51. The van der Waals surface area contributed by atoms with Gasteiger partial charge in [-0.1, -0.05) is 27.2 Å². The number of hydrogen-bond acceptors (Lipinski definition) is 2. The van der Waals surface area contributed by atoms with Crippen LogP contribution in [0, 0.1) is 5.92 Å². The molecule has 0 amide bonds. The molecule has 0 spiro atoms. The first-order chi connectivity index (χ1) is 7.02. The van der Waals surface area contributed by atoms with E-state index in [1.54, 1.807) is 0 Å². The zero-order chi connectivity index (χ0) is 11.5. The van der Waals surface area contributed by atoms with Crippen LogP contribution < -0.4 is 5.32 Å². The molecular formula is C13H28N2. The maximum absolute atomic E-state index is 3.65. The highest BCUT2D eigenvalue weighted by Gasteiger charge is 2.31. The summed E-state index contributed by atoms with van der Waals surface area (Å²) in [6.07, 6.45) is 2.50. The van der Waals surface area contributed by atoms with Gasteiger partial charge in [-0.3, -0.25) is 4.90 Å². The fourth-order valence-corrected chi connectivity index (χ4v) is 2.37. The van der Waals surface area contributed by atoms with Crippen LogP contribution in [-0.2, 0) is 0 Å². The molecular weight excluding hydrogens is 184 g/mol. The Morgan fingerprint density at radius 2 is 2.00 bits per heavy atom. The van der Waals surface area contributed by atoms with Crippen LogP contribution in [0.3, 0.4) is 0 Å². The first kappa shape index (κ1) is 13.0. The number of hydrogen-bond donors (Lipinski definition) is 1. The van der Waals surface area contributed by atoms with Crippen molar-refractivity contribution in [3.8, 4) is 0 Å². The Bertz CT molecular complexity index is 193. The second-order valence-corrected chi connectivity index (χ2v) is 5.44. The van der Waals surface area contributed by atoms with Crippen LogP contribution in [0.5, 0.6) is 0 Å². The highest BCUT2D eigenvalue weighted by Crippen LogP contribution is 2.21. The predicted molar refractivity (Wildman–Crippen MR) is 67.2 cm³/mol. The van der Waals surface area contributed by atoms with Gasteiger partial charge >= 0.3 is 0 Å². The Kier molecular flexibility index (Phi) is 4.60. The van der Waals surface area contributed by atoms with Crippen molar-refractivity contribution < 1.29 is 0 Å². The molecule has 2 nitrogen and oxygen atoms in total. The Hall–Kier alpha value is -0.0800. The molecule has 0 saturated carbocycles. The normalized spacial score (nSPS) is 32.6. The summed E-state index contributed by atoms with van der Waals surface area (Å²) in [4.78, 5) is 2.66. The van der Waals surface area contributed by atoms with Crippen LogP contribution in [-0.4, -0.2) is 36.1 Å². The fourth-order valence-electron chi connectivity index (χ4n) is 2.37. The van der Waals surface area contributed by atoms with E-state index in [1.807, 2.05) is 0 Å². The number of nitrogens with zero attached hydrogens (tertiary/aromatic N) is 1. The molecule has 1 rings (SSSR count). The molecule has 1 saturated heterocycles. The molecule has 0 aromatic heterocycles. The van der Waals surface area contributed by atoms with Gasteiger partial charge in [-0.2, -0.15) is 0 Å². The summed E-state index contributed by atoms with van der Waals surface area (Å²) in [7, 11) is 0. The molecule has 90 valence electrons. The number of rotatable bonds is 4. The van der Waals surface area contributed by atoms with Crippen LogP contribution in [0.1, 0.15) is 47.5 Å². The summed E-state index contributed by atoms with van der Waals surface area (Å²) in [6.45, 7) is 15.2. The maximum atomic E-state index is 3.65. The third-order valence-electron chi connectivity index (χ3n) is 4.33. The van der Waals surface area contributed by atoms with Crippen molar-refractivity contribution in [3.63, 3.8) is 0 Å². The second-order valence-electron chi connectivity index (χ2n) is 5.44. The van der Waals surface area contributed by atoms with Gasteiger partial charge in [-0.25, -0.2) is 0 Å². The third-order valence-corrected chi connectivity index (χ3v) is 4.33. The molecule has 0 aromatic rings. The predicted octanol–water partition coefficient (Wildman–Crippen LogP) is 2.49. The second kappa shape index (κ2) is 5.31. The van der Waals surface area contributed by atoms with Crippen molar-refractivity contribution >= 4 is 0 Å². The zero-order valence-corrected chi connectivity index (χ0v) is 11.1. The lowest BCUT2D eigenvalue weighted by atomic mass is 9.92. The molecule has 1 aliphatic rings. The van der Waals surface area contributed by atoms with Crippen molar-refractivity contribution in [2.75, 3.05) is 19.6 Å². The molecule has 0 aliphatic carbocycles. The molecule has 2 heteroatoms. The molecule has 0 aromatic carbocycles. The van der Waals surface area contributed by atoms with Crippen LogP contribution in [0.2, 0.25) is 0 Å². The average molecular weight is 212 g/mol. The van der Waals surface area contributed by atoms with Crippen molar-refractivity contribution in [1.82, 2.24) is 10.2 Å². The zero-order valence-electron chi connectivity index (χ0n) is 11.1. The molecule has 1 N–H and O–H groups in total. The standard InChI is InChI=1S/C13H28N2/c1-6-11(3)12(4)15-9-8-14-13(5,7-2)10-15/h11-12,14H,6-10H2,1-5H3. The maximum Gasteiger partial charge on any atom is 0.0278 e. The summed E-state index contributed by atoms with van der Waals surface area (Å²) < 4.78 is 0. The van der Waals surface area contributed by atoms with Gasteiger partial charge in [0, 0.05) is 31.2 Å². The van der Waals surface area contributed by atoms with Gasteiger partial charge in [-0.05, 0) is 26.2 Å². The van der Waals surface area contributed by atoms with E-state index in [0.29, 0.717) is 5.54 Å². The molecule has 3 atom stereocenters. The molecule has 3 unspecified atom stereocenters. The minimum absolute atomic E-state index is 0.333.